The fraction of sp³-hybridized carbons (Fsp3) is 0. The van der Waals surface area contributed by atoms with Gasteiger partial charge in [-0.1, -0.05) is 103 Å². The van der Waals surface area contributed by atoms with Crippen LogP contribution in [0.25, 0.3) is 115 Å². The van der Waals surface area contributed by atoms with E-state index in [2.05, 4.69) is 142 Å². The average Bonchev–Trinajstić information content (AvgIpc) is 4.07. The third-order valence-corrected chi connectivity index (χ3v) is 11.8. The van der Waals surface area contributed by atoms with Gasteiger partial charge in [0.25, 0.3) is 0 Å². The van der Waals surface area contributed by atoms with Gasteiger partial charge in [0, 0.05) is 70.6 Å². The van der Waals surface area contributed by atoms with Crippen LogP contribution in [0.1, 0.15) is 0 Å². The smallest absolute Gasteiger partial charge is 0.229 e. The van der Waals surface area contributed by atoms with Crippen LogP contribution in [0.3, 0.4) is 0 Å². The van der Waals surface area contributed by atoms with Crippen molar-refractivity contribution in [2.24, 2.45) is 0 Å². The molecule has 0 aliphatic heterocycles. The third kappa shape index (κ3) is 4.22. The largest absolute Gasteiger partial charge is 0.463 e. The molecule has 12 aromatic rings. The lowest BCUT2D eigenvalue weighted by molar-refractivity contribution is 0.588. The first-order valence-corrected chi connectivity index (χ1v) is 18.7. The summed E-state index contributed by atoms with van der Waals surface area (Å²) in [5, 5.41) is 12.5. The van der Waals surface area contributed by atoms with Gasteiger partial charge in [0.15, 0.2) is 0 Å². The zero-order valence-corrected chi connectivity index (χ0v) is 29.4. The topological polar surface area (TPSA) is 91.2 Å². The van der Waals surface area contributed by atoms with E-state index in [-0.39, 0.29) is 0 Å². The minimum atomic E-state index is 0.622. The SMILES string of the molecule is c1ccc2[nH]c(-c3c(-c4cc5ccccc5s4)c(-c4occ5ccccc45)c4nc(-n5ncc6ccccc65)[nH]c4c3-c3[nH]cc4ccccc34)cc2c1. The highest BCUT2D eigenvalue weighted by atomic mass is 32.1. The van der Waals surface area contributed by atoms with Gasteiger partial charge in [-0.2, -0.15) is 9.78 Å². The van der Waals surface area contributed by atoms with E-state index in [9.17, 15) is 0 Å². The lowest BCUT2D eigenvalue weighted by Crippen LogP contribution is -1.98. The number of para-hydroxylation sites is 2. The van der Waals surface area contributed by atoms with Crippen molar-refractivity contribution in [3.8, 4) is 50.2 Å². The maximum atomic E-state index is 6.68. The Morgan fingerprint density at radius 1 is 0.611 bits per heavy atom. The van der Waals surface area contributed by atoms with Crippen LogP contribution in [-0.4, -0.2) is 29.7 Å². The van der Waals surface area contributed by atoms with Crippen molar-refractivity contribution in [1.29, 1.82) is 0 Å². The molecule has 0 atom stereocenters. The van der Waals surface area contributed by atoms with Gasteiger partial charge < -0.3 is 19.4 Å². The highest BCUT2D eigenvalue weighted by Crippen LogP contribution is 2.54. The normalized spacial score (nSPS) is 12.1. The zero-order chi connectivity index (χ0) is 35.3. The highest BCUT2D eigenvalue weighted by Gasteiger charge is 2.31. The quantitative estimate of drug-likeness (QED) is 0.166. The van der Waals surface area contributed by atoms with Crippen molar-refractivity contribution in [3.63, 3.8) is 0 Å². The van der Waals surface area contributed by atoms with E-state index in [1.165, 1.54) is 10.1 Å². The van der Waals surface area contributed by atoms with Crippen LogP contribution < -0.4 is 0 Å². The third-order valence-electron chi connectivity index (χ3n) is 10.7. The van der Waals surface area contributed by atoms with E-state index >= 15 is 0 Å². The maximum Gasteiger partial charge on any atom is 0.229 e. The molecule has 0 fully saturated rings. The molecule has 3 N–H and O–H groups in total. The highest BCUT2D eigenvalue weighted by molar-refractivity contribution is 7.22. The number of rotatable bonds is 5. The molecule has 6 aromatic heterocycles. The molecule has 0 unspecified atom stereocenters. The van der Waals surface area contributed by atoms with Crippen molar-refractivity contribution in [3.05, 3.63) is 152 Å². The maximum absolute atomic E-state index is 6.68. The zero-order valence-electron chi connectivity index (χ0n) is 28.6. The fourth-order valence-corrected chi connectivity index (χ4v) is 9.35. The summed E-state index contributed by atoms with van der Waals surface area (Å²) in [6.07, 6.45) is 5.84. The number of imidazole rings is 1. The molecule has 0 saturated carbocycles. The van der Waals surface area contributed by atoms with Crippen molar-refractivity contribution >= 4 is 75.8 Å². The summed E-state index contributed by atoms with van der Waals surface area (Å²) in [6.45, 7) is 0. The molecule has 0 amide bonds. The molecular formula is C46H28N6OS. The van der Waals surface area contributed by atoms with Crippen LogP contribution in [0.15, 0.2) is 157 Å². The second-order valence-corrected chi connectivity index (χ2v) is 14.8. The molecule has 254 valence electrons. The van der Waals surface area contributed by atoms with E-state index in [0.717, 1.165) is 98.7 Å². The van der Waals surface area contributed by atoms with E-state index in [1.54, 1.807) is 11.3 Å². The van der Waals surface area contributed by atoms with Crippen molar-refractivity contribution in [1.82, 2.24) is 29.7 Å². The molecule has 0 saturated heterocycles. The molecule has 0 aliphatic carbocycles. The molecule has 6 aromatic carbocycles. The molecule has 54 heavy (non-hydrogen) atoms. The molecular weight excluding hydrogens is 685 g/mol. The summed E-state index contributed by atoms with van der Waals surface area (Å²) in [5.41, 5.74) is 9.74. The Kier molecular flexibility index (Phi) is 6.09. The number of nitrogens with zero attached hydrogens (tertiary/aromatic N) is 3. The van der Waals surface area contributed by atoms with Crippen LogP contribution in [0, 0.1) is 0 Å². The molecule has 0 spiro atoms. The second kappa shape index (κ2) is 11.2. The number of aromatic amines is 3. The van der Waals surface area contributed by atoms with E-state index in [1.807, 2.05) is 29.3 Å². The fourth-order valence-electron chi connectivity index (χ4n) is 8.23. The van der Waals surface area contributed by atoms with E-state index in [4.69, 9.17) is 14.5 Å². The number of thiophene rings is 1. The number of benzene rings is 6. The minimum Gasteiger partial charge on any atom is -0.463 e. The first-order valence-electron chi connectivity index (χ1n) is 17.9. The summed E-state index contributed by atoms with van der Waals surface area (Å²) in [4.78, 5) is 18.0. The summed E-state index contributed by atoms with van der Waals surface area (Å²) in [6, 6.07) is 46.7. The first kappa shape index (κ1) is 29.4. The van der Waals surface area contributed by atoms with Crippen LogP contribution >= 0.6 is 11.3 Å². The van der Waals surface area contributed by atoms with Gasteiger partial charge in [0.2, 0.25) is 5.95 Å². The predicted molar refractivity (Wildman–Crippen MR) is 221 cm³/mol. The molecule has 8 heteroatoms. The summed E-state index contributed by atoms with van der Waals surface area (Å²) < 4.78 is 9.79. The van der Waals surface area contributed by atoms with Crippen LogP contribution in [0.5, 0.6) is 0 Å². The number of H-pyrrole nitrogens is 3. The number of fused-ring (bicyclic) bond motifs is 6. The number of hydrogen-bond acceptors (Lipinski definition) is 4. The number of nitrogens with one attached hydrogen (secondary N) is 3. The van der Waals surface area contributed by atoms with Gasteiger partial charge in [0.1, 0.15) is 11.3 Å². The van der Waals surface area contributed by atoms with Crippen molar-refractivity contribution in [2.75, 3.05) is 0 Å². The van der Waals surface area contributed by atoms with Gasteiger partial charge in [-0.15, -0.1) is 11.3 Å². The molecule has 0 bridgehead atoms. The van der Waals surface area contributed by atoms with Gasteiger partial charge in [-0.3, -0.25) is 0 Å². The summed E-state index contributed by atoms with van der Waals surface area (Å²) in [5.74, 6) is 1.39. The molecule has 7 nitrogen and oxygen atoms in total. The summed E-state index contributed by atoms with van der Waals surface area (Å²) in [7, 11) is 0. The predicted octanol–water partition coefficient (Wildman–Crippen LogP) is 12.5. The minimum absolute atomic E-state index is 0.622. The van der Waals surface area contributed by atoms with Gasteiger partial charge >= 0.3 is 0 Å². The van der Waals surface area contributed by atoms with Gasteiger partial charge in [-0.05, 0) is 41.1 Å². The summed E-state index contributed by atoms with van der Waals surface area (Å²) >= 11 is 1.79. The van der Waals surface area contributed by atoms with Crippen LogP contribution in [0.4, 0.5) is 0 Å². The van der Waals surface area contributed by atoms with Crippen LogP contribution in [-0.2, 0) is 0 Å². The Labute approximate surface area is 311 Å². The van der Waals surface area contributed by atoms with E-state index in [0.29, 0.717) is 5.95 Å². The van der Waals surface area contributed by atoms with Gasteiger partial charge in [-0.25, -0.2) is 4.98 Å². The molecule has 12 rings (SSSR count). The first-order chi connectivity index (χ1) is 26.8. The Bertz CT molecular complexity index is 3170. The molecule has 0 aliphatic rings. The van der Waals surface area contributed by atoms with Crippen molar-refractivity contribution in [2.45, 2.75) is 0 Å². The molecule has 6 heterocycles. The Hall–Kier alpha value is -7.16. The lowest BCUT2D eigenvalue weighted by Gasteiger charge is -2.19. The van der Waals surface area contributed by atoms with Crippen molar-refractivity contribution < 1.29 is 4.42 Å². The Morgan fingerprint density at radius 3 is 2.22 bits per heavy atom. The van der Waals surface area contributed by atoms with Crippen LogP contribution in [0.2, 0.25) is 0 Å². The Balaban J connectivity index is 1.33. The standard InChI is InChI=1S/C46H28N6OS/c1-6-16-31-28(13-1)23-47-42(31)40-38(34-21-26-11-3-8-18-33(26)49-34)39(37-22-27-12-5-10-20-36(27)54-37)41(45-32-17-7-2-15-30(32)25-53-45)44-43(40)50-46(51-44)52-35-19-9-4-14-29(35)24-48-52/h1-25,47,49H,(H,50,51). The number of hydrogen-bond donors (Lipinski definition) is 3. The molecule has 0 radical (unpaired) electrons. The number of furan rings is 1. The Morgan fingerprint density at radius 2 is 1.35 bits per heavy atom. The lowest BCUT2D eigenvalue weighted by atomic mass is 9.87. The second-order valence-electron chi connectivity index (χ2n) is 13.7. The average molecular weight is 713 g/mol. The van der Waals surface area contributed by atoms with Gasteiger partial charge in [0.05, 0.1) is 34.8 Å². The number of aromatic nitrogens is 6. The monoisotopic (exact) mass is 712 g/mol. The van der Waals surface area contributed by atoms with E-state index < -0.39 is 0 Å².